The van der Waals surface area contributed by atoms with Crippen LogP contribution >= 0.6 is 24.0 Å². The molecule has 1 heterocycles. The standard InChI is InChI=1S/C15H18ClN5O2.ClH/c1-17-13(9-7-19-21(3)8-9)15(23)20-10-4-5-11(12(16)6-10)14(22)18-2;/h4-8,13,17H,1-3H3,(H,18,22)(H,20,23);1H. The third-order valence-corrected chi connectivity index (χ3v) is 3.63. The average molecular weight is 372 g/mol. The van der Waals surface area contributed by atoms with E-state index in [4.69, 9.17) is 11.6 Å². The molecule has 2 rings (SSSR count). The topological polar surface area (TPSA) is 88.1 Å². The maximum atomic E-state index is 12.4. The van der Waals surface area contributed by atoms with Crippen LogP contribution in [0.2, 0.25) is 5.02 Å². The smallest absolute Gasteiger partial charge is 0.252 e. The number of rotatable bonds is 5. The van der Waals surface area contributed by atoms with Gasteiger partial charge in [0.1, 0.15) is 6.04 Å². The zero-order chi connectivity index (χ0) is 17.0. The Balaban J connectivity index is 0.00000288. The highest BCUT2D eigenvalue weighted by Crippen LogP contribution is 2.22. The summed E-state index contributed by atoms with van der Waals surface area (Å²) in [6.45, 7) is 0. The highest BCUT2D eigenvalue weighted by molar-refractivity contribution is 6.34. The SMILES string of the molecule is CNC(=O)c1ccc(NC(=O)C(NC)c2cnn(C)c2)cc1Cl.Cl. The Bertz CT molecular complexity index is 732. The first-order chi connectivity index (χ1) is 11.0. The summed E-state index contributed by atoms with van der Waals surface area (Å²) in [5.41, 5.74) is 1.61. The van der Waals surface area contributed by atoms with Crippen LogP contribution in [0, 0.1) is 0 Å². The molecule has 0 saturated heterocycles. The van der Waals surface area contributed by atoms with E-state index in [1.807, 2.05) is 0 Å². The lowest BCUT2D eigenvalue weighted by Crippen LogP contribution is -2.30. The Kier molecular flexibility index (Phi) is 7.21. The molecule has 0 aliphatic rings. The molecule has 2 aromatic rings. The summed E-state index contributed by atoms with van der Waals surface area (Å²) in [5.74, 6) is -0.527. The molecule has 130 valence electrons. The van der Waals surface area contributed by atoms with Gasteiger partial charge in [-0.15, -0.1) is 12.4 Å². The van der Waals surface area contributed by atoms with E-state index in [0.717, 1.165) is 5.56 Å². The number of anilines is 1. The van der Waals surface area contributed by atoms with Gasteiger partial charge in [0, 0.05) is 31.5 Å². The number of nitrogens with zero attached hydrogens (tertiary/aromatic N) is 2. The molecular formula is C15H19Cl2N5O2. The molecule has 2 amide bonds. The van der Waals surface area contributed by atoms with E-state index < -0.39 is 6.04 Å². The van der Waals surface area contributed by atoms with Crippen LogP contribution in [-0.4, -0.2) is 35.7 Å². The van der Waals surface area contributed by atoms with Crippen molar-refractivity contribution in [3.05, 3.63) is 46.7 Å². The van der Waals surface area contributed by atoms with Crippen LogP contribution < -0.4 is 16.0 Å². The molecule has 7 nitrogen and oxygen atoms in total. The van der Waals surface area contributed by atoms with Crippen LogP contribution in [0.15, 0.2) is 30.6 Å². The molecule has 1 unspecified atom stereocenters. The van der Waals surface area contributed by atoms with E-state index in [1.54, 1.807) is 49.4 Å². The fraction of sp³-hybridized carbons (Fsp3) is 0.267. The average Bonchev–Trinajstić information content (AvgIpc) is 2.93. The van der Waals surface area contributed by atoms with Gasteiger partial charge < -0.3 is 16.0 Å². The van der Waals surface area contributed by atoms with Crippen molar-refractivity contribution in [2.75, 3.05) is 19.4 Å². The van der Waals surface area contributed by atoms with Gasteiger partial charge in [-0.25, -0.2) is 0 Å². The minimum atomic E-state index is -0.541. The second kappa shape index (κ2) is 8.68. The lowest BCUT2D eigenvalue weighted by atomic mass is 10.1. The summed E-state index contributed by atoms with van der Waals surface area (Å²) >= 11 is 6.08. The van der Waals surface area contributed by atoms with Crippen LogP contribution in [0.4, 0.5) is 5.69 Å². The third-order valence-electron chi connectivity index (χ3n) is 3.32. The van der Waals surface area contributed by atoms with Crippen molar-refractivity contribution in [1.82, 2.24) is 20.4 Å². The molecule has 1 aromatic carbocycles. The summed E-state index contributed by atoms with van der Waals surface area (Å²) in [7, 11) is 5.00. The number of aryl methyl sites for hydroxylation is 1. The summed E-state index contributed by atoms with van der Waals surface area (Å²) in [4.78, 5) is 24.0. The molecule has 0 bridgehead atoms. The van der Waals surface area contributed by atoms with Crippen LogP contribution in [0.3, 0.4) is 0 Å². The zero-order valence-electron chi connectivity index (χ0n) is 13.5. The molecule has 0 radical (unpaired) electrons. The van der Waals surface area contributed by atoms with E-state index >= 15 is 0 Å². The van der Waals surface area contributed by atoms with Gasteiger partial charge in [-0.2, -0.15) is 5.10 Å². The molecule has 3 N–H and O–H groups in total. The first-order valence-electron chi connectivity index (χ1n) is 6.94. The van der Waals surface area contributed by atoms with Crippen LogP contribution in [0.5, 0.6) is 0 Å². The van der Waals surface area contributed by atoms with Crippen LogP contribution in [0.1, 0.15) is 22.0 Å². The number of carbonyl (C=O) groups is 2. The Labute approximate surface area is 151 Å². The quantitative estimate of drug-likeness (QED) is 0.746. The number of aromatic nitrogens is 2. The van der Waals surface area contributed by atoms with E-state index in [1.165, 1.54) is 7.05 Å². The highest BCUT2D eigenvalue weighted by Gasteiger charge is 2.20. The van der Waals surface area contributed by atoms with Crippen molar-refractivity contribution in [1.29, 1.82) is 0 Å². The predicted octanol–water partition coefficient (Wildman–Crippen LogP) is 1.75. The van der Waals surface area contributed by atoms with Crippen molar-refractivity contribution in [3.63, 3.8) is 0 Å². The summed E-state index contributed by atoms with van der Waals surface area (Å²) < 4.78 is 1.63. The van der Waals surface area contributed by atoms with Gasteiger partial charge in [-0.1, -0.05) is 11.6 Å². The Morgan fingerprint density at radius 1 is 1.29 bits per heavy atom. The number of hydrogen-bond donors (Lipinski definition) is 3. The number of carbonyl (C=O) groups excluding carboxylic acids is 2. The van der Waals surface area contributed by atoms with Gasteiger partial charge in [-0.05, 0) is 25.2 Å². The minimum Gasteiger partial charge on any atom is -0.355 e. The number of likely N-dealkylation sites (N-methyl/N-ethyl adjacent to an activating group) is 1. The summed E-state index contributed by atoms with van der Waals surface area (Å²) in [5, 5.41) is 12.5. The first-order valence-corrected chi connectivity index (χ1v) is 7.32. The Morgan fingerprint density at radius 3 is 2.50 bits per heavy atom. The van der Waals surface area contributed by atoms with Crippen LogP contribution in [-0.2, 0) is 11.8 Å². The molecule has 0 spiro atoms. The molecule has 0 fully saturated rings. The molecule has 0 aliphatic heterocycles. The number of nitrogens with one attached hydrogen (secondary N) is 3. The monoisotopic (exact) mass is 371 g/mol. The maximum absolute atomic E-state index is 12.4. The first kappa shape index (κ1) is 20.0. The Morgan fingerprint density at radius 2 is 2.00 bits per heavy atom. The fourth-order valence-corrected chi connectivity index (χ4v) is 2.43. The van der Waals surface area contributed by atoms with Crippen molar-refractivity contribution >= 4 is 41.5 Å². The maximum Gasteiger partial charge on any atom is 0.252 e. The molecule has 0 aliphatic carbocycles. The predicted molar refractivity (Wildman–Crippen MR) is 95.7 cm³/mol. The lowest BCUT2D eigenvalue weighted by Gasteiger charge is -2.15. The number of amides is 2. The molecule has 0 saturated carbocycles. The second-order valence-corrected chi connectivity index (χ2v) is 5.34. The van der Waals surface area contributed by atoms with Gasteiger partial charge in [0.05, 0.1) is 16.8 Å². The summed E-state index contributed by atoms with van der Waals surface area (Å²) in [6, 6.07) is 4.20. The van der Waals surface area contributed by atoms with Crippen molar-refractivity contribution in [3.8, 4) is 0 Å². The normalized spacial score (nSPS) is 11.3. The van der Waals surface area contributed by atoms with Crippen LogP contribution in [0.25, 0.3) is 0 Å². The van der Waals surface area contributed by atoms with Gasteiger partial charge in [0.25, 0.3) is 5.91 Å². The van der Waals surface area contributed by atoms with E-state index in [2.05, 4.69) is 21.0 Å². The largest absolute Gasteiger partial charge is 0.355 e. The van der Waals surface area contributed by atoms with Gasteiger partial charge in [0.15, 0.2) is 0 Å². The lowest BCUT2D eigenvalue weighted by molar-refractivity contribution is -0.118. The third kappa shape index (κ3) is 4.47. The van der Waals surface area contributed by atoms with Gasteiger partial charge in [0.2, 0.25) is 5.91 Å². The number of benzene rings is 1. The minimum absolute atomic E-state index is 0. The van der Waals surface area contributed by atoms with Crippen molar-refractivity contribution in [2.45, 2.75) is 6.04 Å². The molecule has 1 atom stereocenters. The molecule has 9 heteroatoms. The fourth-order valence-electron chi connectivity index (χ4n) is 2.16. The number of hydrogen-bond acceptors (Lipinski definition) is 4. The second-order valence-electron chi connectivity index (χ2n) is 4.93. The zero-order valence-corrected chi connectivity index (χ0v) is 15.0. The highest BCUT2D eigenvalue weighted by atomic mass is 35.5. The molecule has 24 heavy (non-hydrogen) atoms. The molecular weight excluding hydrogens is 353 g/mol. The van der Waals surface area contributed by atoms with Gasteiger partial charge >= 0.3 is 0 Å². The van der Waals surface area contributed by atoms with Gasteiger partial charge in [-0.3, -0.25) is 14.3 Å². The summed E-state index contributed by atoms with van der Waals surface area (Å²) in [6.07, 6.45) is 3.39. The van der Waals surface area contributed by atoms with Crippen molar-refractivity contribution < 1.29 is 9.59 Å². The Hall–Kier alpha value is -2.09. The van der Waals surface area contributed by atoms with Crippen molar-refractivity contribution in [2.24, 2.45) is 7.05 Å². The van der Waals surface area contributed by atoms with E-state index in [0.29, 0.717) is 11.3 Å². The molecule has 1 aromatic heterocycles. The number of halogens is 2. The van der Waals surface area contributed by atoms with E-state index in [-0.39, 0.29) is 29.2 Å². The van der Waals surface area contributed by atoms with E-state index in [9.17, 15) is 9.59 Å².